The number of carboxylic acid groups (broad SMARTS) is 1. The van der Waals surface area contributed by atoms with Crippen LogP contribution in [0.4, 0.5) is 0 Å². The molecule has 1 saturated carbocycles. The van der Waals surface area contributed by atoms with E-state index in [4.69, 9.17) is 5.11 Å². The second-order valence-corrected chi connectivity index (χ2v) is 6.29. The van der Waals surface area contributed by atoms with Crippen molar-refractivity contribution < 1.29 is 9.90 Å². The highest BCUT2D eigenvalue weighted by atomic mass is 16.4. The van der Waals surface area contributed by atoms with Gasteiger partial charge in [0.2, 0.25) is 0 Å². The Morgan fingerprint density at radius 3 is 2.61 bits per heavy atom. The Kier molecular flexibility index (Phi) is 4.66. The number of carbonyl (C=O) groups is 1. The average molecular weight is 253 g/mol. The molecular weight excluding hydrogens is 226 g/mol. The molecule has 0 amide bonds. The molecule has 1 heterocycles. The summed E-state index contributed by atoms with van der Waals surface area (Å²) in [6.07, 6.45) is 6.86. The quantitative estimate of drug-likeness (QED) is 0.791. The number of piperidine rings is 1. The third kappa shape index (κ3) is 3.47. The van der Waals surface area contributed by atoms with Gasteiger partial charge in [0.05, 0.1) is 0 Å². The zero-order valence-corrected chi connectivity index (χ0v) is 11.8. The van der Waals surface area contributed by atoms with E-state index in [0.29, 0.717) is 18.3 Å². The van der Waals surface area contributed by atoms with E-state index in [2.05, 4.69) is 18.7 Å². The van der Waals surface area contributed by atoms with Crippen LogP contribution in [0.15, 0.2) is 0 Å². The van der Waals surface area contributed by atoms with Gasteiger partial charge in [0.1, 0.15) is 0 Å². The van der Waals surface area contributed by atoms with E-state index < -0.39 is 5.97 Å². The number of aliphatic carboxylic acids is 1. The van der Waals surface area contributed by atoms with Crippen molar-refractivity contribution in [2.24, 2.45) is 17.8 Å². The normalized spacial score (nSPS) is 28.9. The van der Waals surface area contributed by atoms with Gasteiger partial charge < -0.3 is 5.11 Å². The van der Waals surface area contributed by atoms with Gasteiger partial charge in [0.25, 0.3) is 0 Å². The Hall–Kier alpha value is -0.570. The lowest BCUT2D eigenvalue weighted by atomic mass is 9.84. The van der Waals surface area contributed by atoms with Crippen LogP contribution >= 0.6 is 0 Å². The van der Waals surface area contributed by atoms with Gasteiger partial charge in [-0.1, -0.05) is 13.8 Å². The fourth-order valence-corrected chi connectivity index (χ4v) is 3.62. The molecule has 3 unspecified atom stereocenters. The minimum absolute atomic E-state index is 0.321. The van der Waals surface area contributed by atoms with Gasteiger partial charge in [0, 0.05) is 19.0 Å². The van der Waals surface area contributed by atoms with Crippen LogP contribution in [0, 0.1) is 17.8 Å². The van der Waals surface area contributed by atoms with Crippen LogP contribution in [-0.4, -0.2) is 35.1 Å². The van der Waals surface area contributed by atoms with E-state index in [1.165, 1.54) is 38.6 Å². The summed E-state index contributed by atoms with van der Waals surface area (Å²) in [4.78, 5) is 13.5. The molecule has 18 heavy (non-hydrogen) atoms. The molecular formula is C15H27NO2. The Balaban J connectivity index is 1.88. The summed E-state index contributed by atoms with van der Waals surface area (Å²) < 4.78 is 0. The molecule has 1 N–H and O–H groups in total. The Labute approximate surface area is 111 Å². The summed E-state index contributed by atoms with van der Waals surface area (Å²) in [6, 6.07) is 0.768. The summed E-state index contributed by atoms with van der Waals surface area (Å²) >= 11 is 0. The van der Waals surface area contributed by atoms with Gasteiger partial charge in [-0.05, 0) is 56.4 Å². The molecule has 2 fully saturated rings. The third-order valence-corrected chi connectivity index (χ3v) is 4.84. The fourth-order valence-electron chi connectivity index (χ4n) is 3.62. The molecule has 0 aromatic rings. The molecule has 3 atom stereocenters. The first-order valence-electron chi connectivity index (χ1n) is 7.57. The molecule has 1 saturated heterocycles. The van der Waals surface area contributed by atoms with Crippen LogP contribution in [0.25, 0.3) is 0 Å². The topological polar surface area (TPSA) is 40.5 Å². The Morgan fingerprint density at radius 2 is 2.06 bits per heavy atom. The first-order valence-corrected chi connectivity index (χ1v) is 7.57. The number of nitrogens with zero attached hydrogens (tertiary/aromatic N) is 1. The smallest absolute Gasteiger partial charge is 0.303 e. The molecule has 3 nitrogen and oxygen atoms in total. The highest BCUT2D eigenvalue weighted by molar-refractivity contribution is 5.67. The first kappa shape index (κ1) is 13.9. The van der Waals surface area contributed by atoms with Crippen LogP contribution in [0.2, 0.25) is 0 Å². The van der Waals surface area contributed by atoms with Gasteiger partial charge in [-0.3, -0.25) is 9.69 Å². The van der Waals surface area contributed by atoms with Crippen molar-refractivity contribution in [3.05, 3.63) is 0 Å². The molecule has 0 aromatic carbocycles. The van der Waals surface area contributed by atoms with Gasteiger partial charge >= 0.3 is 5.97 Å². The third-order valence-electron chi connectivity index (χ3n) is 4.84. The van der Waals surface area contributed by atoms with Gasteiger partial charge in [-0.25, -0.2) is 0 Å². The predicted molar refractivity (Wildman–Crippen MR) is 72.5 cm³/mol. The molecule has 1 aliphatic heterocycles. The van der Waals surface area contributed by atoms with E-state index >= 15 is 0 Å². The predicted octanol–water partition coefficient (Wildman–Crippen LogP) is 3.00. The first-order chi connectivity index (χ1) is 8.61. The summed E-state index contributed by atoms with van der Waals surface area (Å²) in [5.41, 5.74) is 0. The molecule has 0 radical (unpaired) electrons. The maximum Gasteiger partial charge on any atom is 0.303 e. The monoisotopic (exact) mass is 253 g/mol. The number of rotatable bonds is 6. The highest BCUT2D eigenvalue weighted by Crippen LogP contribution is 2.39. The lowest BCUT2D eigenvalue weighted by molar-refractivity contribution is -0.138. The van der Waals surface area contributed by atoms with Gasteiger partial charge in [-0.15, -0.1) is 0 Å². The molecule has 2 aliphatic rings. The lowest BCUT2D eigenvalue weighted by Crippen LogP contribution is -2.45. The summed E-state index contributed by atoms with van der Waals surface area (Å²) in [5, 5.41) is 8.92. The number of hydrogen-bond donors (Lipinski definition) is 1. The van der Waals surface area contributed by atoms with E-state index in [1.54, 1.807) is 0 Å². The van der Waals surface area contributed by atoms with Crippen molar-refractivity contribution in [3.8, 4) is 0 Å². The molecule has 0 spiro atoms. The van der Waals surface area contributed by atoms with E-state index in [0.717, 1.165) is 18.5 Å². The Bertz CT molecular complexity index is 288. The van der Waals surface area contributed by atoms with Crippen molar-refractivity contribution in [2.75, 3.05) is 13.1 Å². The molecule has 3 heteroatoms. The van der Waals surface area contributed by atoms with Crippen molar-refractivity contribution in [3.63, 3.8) is 0 Å². The van der Waals surface area contributed by atoms with Crippen molar-refractivity contribution in [1.29, 1.82) is 0 Å². The second kappa shape index (κ2) is 6.05. The summed E-state index contributed by atoms with van der Waals surface area (Å²) in [7, 11) is 0. The van der Waals surface area contributed by atoms with Gasteiger partial charge in [0.15, 0.2) is 0 Å². The SMILES string of the molecule is CCC(C1CC1)N1CCCC(C(C)CC(=O)O)C1. The van der Waals surface area contributed by atoms with E-state index in [9.17, 15) is 4.79 Å². The van der Waals surface area contributed by atoms with Crippen molar-refractivity contribution >= 4 is 5.97 Å². The molecule has 1 aliphatic carbocycles. The number of carboxylic acids is 1. The zero-order chi connectivity index (χ0) is 13.1. The minimum Gasteiger partial charge on any atom is -0.481 e. The van der Waals surface area contributed by atoms with Crippen LogP contribution in [0.5, 0.6) is 0 Å². The maximum absolute atomic E-state index is 10.8. The fraction of sp³-hybridized carbons (Fsp3) is 0.933. The van der Waals surface area contributed by atoms with Crippen LogP contribution < -0.4 is 0 Å². The van der Waals surface area contributed by atoms with E-state index in [1.807, 2.05) is 0 Å². The number of hydrogen-bond acceptors (Lipinski definition) is 2. The summed E-state index contributed by atoms with van der Waals surface area (Å²) in [5.74, 6) is 1.20. The van der Waals surface area contributed by atoms with Gasteiger partial charge in [-0.2, -0.15) is 0 Å². The van der Waals surface area contributed by atoms with Crippen molar-refractivity contribution in [2.45, 2.75) is 58.4 Å². The number of likely N-dealkylation sites (tertiary alicyclic amines) is 1. The van der Waals surface area contributed by atoms with Crippen LogP contribution in [0.1, 0.15) is 52.4 Å². The molecule has 0 aromatic heterocycles. The molecule has 2 rings (SSSR count). The largest absolute Gasteiger partial charge is 0.481 e. The lowest BCUT2D eigenvalue weighted by Gasteiger charge is -2.40. The van der Waals surface area contributed by atoms with Crippen LogP contribution in [0.3, 0.4) is 0 Å². The molecule has 104 valence electrons. The zero-order valence-electron chi connectivity index (χ0n) is 11.8. The van der Waals surface area contributed by atoms with Crippen molar-refractivity contribution in [1.82, 2.24) is 4.90 Å². The minimum atomic E-state index is -0.645. The summed E-state index contributed by atoms with van der Waals surface area (Å²) in [6.45, 7) is 6.77. The average Bonchev–Trinajstić information content (AvgIpc) is 3.14. The maximum atomic E-state index is 10.8. The second-order valence-electron chi connectivity index (χ2n) is 6.29. The van der Waals surface area contributed by atoms with Crippen LogP contribution in [-0.2, 0) is 4.79 Å². The highest BCUT2D eigenvalue weighted by Gasteiger charge is 2.36. The standard InChI is InChI=1S/C15H27NO2/c1-3-14(12-6-7-12)16-8-4-5-13(10-16)11(2)9-15(17)18/h11-14H,3-10H2,1-2H3,(H,17,18). The van der Waals surface area contributed by atoms with E-state index in [-0.39, 0.29) is 0 Å². The molecule has 0 bridgehead atoms. The Morgan fingerprint density at radius 1 is 1.33 bits per heavy atom.